The number of hydrazine groups is 1. The van der Waals surface area contributed by atoms with E-state index in [1.165, 1.54) is 4.90 Å². The van der Waals surface area contributed by atoms with Crippen molar-refractivity contribution in [3.05, 3.63) is 29.8 Å². The molecule has 0 aliphatic carbocycles. The Morgan fingerprint density at radius 1 is 1.08 bits per heavy atom. The largest absolute Gasteiger partial charge is 0.376 e. The smallest absolute Gasteiger partial charge is 0.319 e. The molecule has 0 saturated carbocycles. The summed E-state index contributed by atoms with van der Waals surface area (Å²) in [5.74, 6) is -0.739. The molecule has 4 amide bonds. The Labute approximate surface area is 153 Å². The molecule has 0 atom stereocenters. The molecule has 0 radical (unpaired) electrons. The van der Waals surface area contributed by atoms with Gasteiger partial charge < -0.3 is 15.1 Å². The van der Waals surface area contributed by atoms with E-state index in [-0.39, 0.29) is 30.3 Å². The van der Waals surface area contributed by atoms with Crippen LogP contribution in [0.5, 0.6) is 0 Å². The second-order valence-corrected chi connectivity index (χ2v) is 6.70. The van der Waals surface area contributed by atoms with Crippen LogP contribution in [-0.2, 0) is 9.59 Å². The summed E-state index contributed by atoms with van der Waals surface area (Å²) in [5.41, 5.74) is 6.88. The number of hydrogen-bond acceptors (Lipinski definition) is 4. The van der Waals surface area contributed by atoms with Crippen LogP contribution in [0.2, 0.25) is 0 Å². The molecule has 1 saturated heterocycles. The number of benzene rings is 1. The SMILES string of the molecule is Cc1ccc(NCC(=O)NNC(=O)C2CCN(C(=O)N(C)C)CC2)cc1. The number of carbonyl (C=O) groups is 3. The van der Waals surface area contributed by atoms with Crippen molar-refractivity contribution in [1.82, 2.24) is 20.7 Å². The molecular formula is C18H27N5O3. The van der Waals surface area contributed by atoms with E-state index >= 15 is 0 Å². The van der Waals surface area contributed by atoms with Gasteiger partial charge in [-0.25, -0.2) is 4.79 Å². The van der Waals surface area contributed by atoms with Gasteiger partial charge in [0.25, 0.3) is 5.91 Å². The third kappa shape index (κ3) is 5.65. The number of piperidine rings is 1. The summed E-state index contributed by atoms with van der Waals surface area (Å²) in [6, 6.07) is 7.65. The number of amides is 4. The highest BCUT2D eigenvalue weighted by Gasteiger charge is 2.28. The lowest BCUT2D eigenvalue weighted by Crippen LogP contribution is -2.50. The van der Waals surface area contributed by atoms with E-state index in [1.54, 1.807) is 19.0 Å². The second kappa shape index (κ2) is 9.07. The number of rotatable bonds is 4. The van der Waals surface area contributed by atoms with Crippen LogP contribution in [0.3, 0.4) is 0 Å². The molecule has 0 bridgehead atoms. The van der Waals surface area contributed by atoms with Crippen molar-refractivity contribution in [2.75, 3.05) is 39.0 Å². The molecule has 0 aromatic heterocycles. The van der Waals surface area contributed by atoms with Crippen molar-refractivity contribution in [2.45, 2.75) is 19.8 Å². The summed E-state index contributed by atoms with van der Waals surface area (Å²) in [4.78, 5) is 39.1. The Balaban J connectivity index is 1.67. The van der Waals surface area contributed by atoms with Gasteiger partial charge in [0.15, 0.2) is 0 Å². The molecule has 2 rings (SSSR count). The van der Waals surface area contributed by atoms with Crippen LogP contribution in [0.1, 0.15) is 18.4 Å². The molecule has 0 unspecified atom stereocenters. The first kappa shape index (κ1) is 19.6. The Bertz CT molecular complexity index is 637. The maximum atomic E-state index is 12.2. The topological polar surface area (TPSA) is 93.8 Å². The average Bonchev–Trinajstić information content (AvgIpc) is 2.65. The first-order valence-corrected chi connectivity index (χ1v) is 8.72. The average molecular weight is 361 g/mol. The van der Waals surface area contributed by atoms with Gasteiger partial charge in [-0.3, -0.25) is 20.4 Å². The van der Waals surface area contributed by atoms with Gasteiger partial charge in [0.2, 0.25) is 5.91 Å². The summed E-state index contributed by atoms with van der Waals surface area (Å²) in [7, 11) is 3.42. The minimum absolute atomic E-state index is 0.0423. The zero-order chi connectivity index (χ0) is 19.1. The van der Waals surface area contributed by atoms with Crippen LogP contribution < -0.4 is 16.2 Å². The van der Waals surface area contributed by atoms with Crippen LogP contribution in [0, 0.1) is 12.8 Å². The molecular weight excluding hydrogens is 334 g/mol. The number of nitrogens with zero attached hydrogens (tertiary/aromatic N) is 2. The Kier molecular flexibility index (Phi) is 6.82. The van der Waals surface area contributed by atoms with E-state index < -0.39 is 0 Å². The highest BCUT2D eigenvalue weighted by molar-refractivity contribution is 5.85. The Hall–Kier alpha value is -2.77. The molecule has 142 valence electrons. The van der Waals surface area contributed by atoms with Gasteiger partial charge in [-0.05, 0) is 31.9 Å². The van der Waals surface area contributed by atoms with Crippen molar-refractivity contribution >= 4 is 23.5 Å². The van der Waals surface area contributed by atoms with E-state index in [2.05, 4.69) is 16.2 Å². The normalized spacial score (nSPS) is 14.5. The second-order valence-electron chi connectivity index (χ2n) is 6.70. The van der Waals surface area contributed by atoms with Gasteiger partial charge in [0.05, 0.1) is 6.54 Å². The Morgan fingerprint density at radius 3 is 2.27 bits per heavy atom. The van der Waals surface area contributed by atoms with E-state index in [0.717, 1.165) is 11.3 Å². The molecule has 8 nitrogen and oxygen atoms in total. The lowest BCUT2D eigenvalue weighted by molar-refractivity contribution is -0.131. The number of nitrogens with one attached hydrogen (secondary N) is 3. The molecule has 0 spiro atoms. The summed E-state index contributed by atoms with van der Waals surface area (Å²) >= 11 is 0. The highest BCUT2D eigenvalue weighted by atomic mass is 16.2. The van der Waals surface area contributed by atoms with Crippen LogP contribution >= 0.6 is 0 Å². The Morgan fingerprint density at radius 2 is 1.69 bits per heavy atom. The maximum absolute atomic E-state index is 12.2. The number of likely N-dealkylation sites (tertiary alicyclic amines) is 1. The zero-order valence-corrected chi connectivity index (χ0v) is 15.5. The quantitative estimate of drug-likeness (QED) is 0.696. The van der Waals surface area contributed by atoms with Gasteiger partial charge in [0, 0.05) is 38.8 Å². The standard InChI is InChI=1S/C18H27N5O3/c1-13-4-6-15(7-5-13)19-12-16(24)20-21-17(25)14-8-10-23(11-9-14)18(26)22(2)3/h4-7,14,19H,8-12H2,1-3H3,(H,20,24)(H,21,25). The third-order valence-corrected chi connectivity index (χ3v) is 4.35. The maximum Gasteiger partial charge on any atom is 0.319 e. The first-order chi connectivity index (χ1) is 12.4. The fourth-order valence-corrected chi connectivity index (χ4v) is 2.75. The lowest BCUT2D eigenvalue weighted by Gasteiger charge is -2.33. The number of aryl methyl sites for hydroxylation is 1. The molecule has 3 N–H and O–H groups in total. The molecule has 26 heavy (non-hydrogen) atoms. The van der Waals surface area contributed by atoms with E-state index in [0.29, 0.717) is 25.9 Å². The van der Waals surface area contributed by atoms with Crippen LogP contribution in [-0.4, -0.2) is 61.4 Å². The highest BCUT2D eigenvalue weighted by Crippen LogP contribution is 2.17. The summed E-state index contributed by atoms with van der Waals surface area (Å²) in [6.07, 6.45) is 1.17. The fraction of sp³-hybridized carbons (Fsp3) is 0.500. The summed E-state index contributed by atoms with van der Waals surface area (Å²) in [5, 5.41) is 2.99. The van der Waals surface area contributed by atoms with Gasteiger partial charge in [-0.15, -0.1) is 0 Å². The van der Waals surface area contributed by atoms with E-state index in [4.69, 9.17) is 0 Å². The van der Waals surface area contributed by atoms with E-state index in [9.17, 15) is 14.4 Å². The van der Waals surface area contributed by atoms with Crippen molar-refractivity contribution in [2.24, 2.45) is 5.92 Å². The van der Waals surface area contributed by atoms with Gasteiger partial charge in [-0.1, -0.05) is 17.7 Å². The molecule has 8 heteroatoms. The molecule has 1 fully saturated rings. The number of hydrogen-bond donors (Lipinski definition) is 3. The van der Waals surface area contributed by atoms with E-state index in [1.807, 2.05) is 31.2 Å². The monoisotopic (exact) mass is 361 g/mol. The lowest BCUT2D eigenvalue weighted by atomic mass is 9.96. The first-order valence-electron chi connectivity index (χ1n) is 8.72. The fourth-order valence-electron chi connectivity index (χ4n) is 2.75. The van der Waals surface area contributed by atoms with Crippen LogP contribution in [0.4, 0.5) is 10.5 Å². The minimum Gasteiger partial charge on any atom is -0.376 e. The number of anilines is 1. The van der Waals surface area contributed by atoms with Crippen LogP contribution in [0.25, 0.3) is 0 Å². The summed E-state index contributed by atoms with van der Waals surface area (Å²) in [6.45, 7) is 3.14. The predicted octanol–water partition coefficient (Wildman–Crippen LogP) is 0.948. The molecule has 1 aromatic carbocycles. The number of urea groups is 1. The van der Waals surface area contributed by atoms with Crippen molar-refractivity contribution in [3.63, 3.8) is 0 Å². The van der Waals surface area contributed by atoms with Gasteiger partial charge in [-0.2, -0.15) is 0 Å². The molecule has 1 aliphatic heterocycles. The van der Waals surface area contributed by atoms with Crippen molar-refractivity contribution in [1.29, 1.82) is 0 Å². The molecule has 1 aliphatic rings. The predicted molar refractivity (Wildman–Crippen MR) is 99.3 cm³/mol. The number of carbonyl (C=O) groups excluding carboxylic acids is 3. The molecule has 1 heterocycles. The van der Waals surface area contributed by atoms with Crippen molar-refractivity contribution < 1.29 is 14.4 Å². The van der Waals surface area contributed by atoms with Crippen LogP contribution in [0.15, 0.2) is 24.3 Å². The summed E-state index contributed by atoms with van der Waals surface area (Å²) < 4.78 is 0. The zero-order valence-electron chi connectivity index (χ0n) is 15.5. The minimum atomic E-state index is -0.320. The third-order valence-electron chi connectivity index (χ3n) is 4.35. The van der Waals surface area contributed by atoms with Gasteiger partial charge in [0.1, 0.15) is 0 Å². The van der Waals surface area contributed by atoms with Crippen molar-refractivity contribution in [3.8, 4) is 0 Å². The molecule has 1 aromatic rings. The van der Waals surface area contributed by atoms with Gasteiger partial charge >= 0.3 is 6.03 Å².